The second-order valence-electron chi connectivity index (χ2n) is 4.68. The van der Waals surface area contributed by atoms with E-state index in [0.29, 0.717) is 0 Å². The van der Waals surface area contributed by atoms with Gasteiger partial charge in [0.25, 0.3) is 0 Å². The van der Waals surface area contributed by atoms with Crippen molar-refractivity contribution in [2.24, 2.45) is 0 Å². The van der Waals surface area contributed by atoms with Gasteiger partial charge in [0.15, 0.2) is 5.13 Å². The largest absolute Gasteiger partial charge is 0.396 e. The number of nitrogens with two attached hydrogens (primary N) is 1. The van der Waals surface area contributed by atoms with Crippen LogP contribution in [0.1, 0.15) is 5.69 Å². The Bertz CT molecular complexity index is 560. The molecule has 2 N–H and O–H groups in total. The van der Waals surface area contributed by atoms with Crippen LogP contribution in [0.3, 0.4) is 0 Å². The highest BCUT2D eigenvalue weighted by molar-refractivity contribution is 7.13. The standard InChI is InChI=1S/C13H17N5S/c1-10-9-19-13(16-10)18-6-4-17(5-7-18)12-2-3-15-8-11(12)14/h2-3,8-9H,4-7,14H2,1H3. The third-order valence-electron chi connectivity index (χ3n) is 3.33. The van der Waals surface area contributed by atoms with Crippen molar-refractivity contribution >= 4 is 27.8 Å². The van der Waals surface area contributed by atoms with Crippen molar-refractivity contribution < 1.29 is 0 Å². The molecule has 0 aliphatic carbocycles. The summed E-state index contributed by atoms with van der Waals surface area (Å²) in [6, 6.07) is 1.98. The zero-order valence-corrected chi connectivity index (χ0v) is 11.7. The zero-order chi connectivity index (χ0) is 13.2. The van der Waals surface area contributed by atoms with Crippen molar-refractivity contribution in [1.29, 1.82) is 0 Å². The maximum atomic E-state index is 5.97. The summed E-state index contributed by atoms with van der Waals surface area (Å²) in [6.45, 7) is 5.93. The number of hydrogen-bond acceptors (Lipinski definition) is 6. The van der Waals surface area contributed by atoms with E-state index < -0.39 is 0 Å². The minimum Gasteiger partial charge on any atom is -0.396 e. The summed E-state index contributed by atoms with van der Waals surface area (Å²) in [7, 11) is 0. The average molecular weight is 275 g/mol. The van der Waals surface area contributed by atoms with E-state index >= 15 is 0 Å². The van der Waals surface area contributed by atoms with Gasteiger partial charge in [-0.2, -0.15) is 0 Å². The molecule has 0 radical (unpaired) electrons. The van der Waals surface area contributed by atoms with Crippen LogP contribution >= 0.6 is 11.3 Å². The smallest absolute Gasteiger partial charge is 0.185 e. The van der Waals surface area contributed by atoms with Crippen LogP contribution < -0.4 is 15.5 Å². The molecule has 3 heterocycles. The molecule has 3 rings (SSSR count). The van der Waals surface area contributed by atoms with Gasteiger partial charge in [0, 0.05) is 37.8 Å². The Balaban J connectivity index is 1.68. The molecule has 2 aromatic rings. The Labute approximate surface area is 116 Å². The van der Waals surface area contributed by atoms with Gasteiger partial charge >= 0.3 is 0 Å². The minimum absolute atomic E-state index is 0.751. The molecule has 1 aliphatic heterocycles. The maximum Gasteiger partial charge on any atom is 0.185 e. The van der Waals surface area contributed by atoms with Gasteiger partial charge in [-0.3, -0.25) is 4.98 Å². The number of piperazine rings is 1. The van der Waals surface area contributed by atoms with E-state index in [1.54, 1.807) is 23.7 Å². The highest BCUT2D eigenvalue weighted by Gasteiger charge is 2.20. The van der Waals surface area contributed by atoms with Gasteiger partial charge in [-0.15, -0.1) is 11.3 Å². The topological polar surface area (TPSA) is 58.3 Å². The van der Waals surface area contributed by atoms with Crippen LogP contribution in [-0.2, 0) is 0 Å². The van der Waals surface area contributed by atoms with Gasteiger partial charge in [0.1, 0.15) is 0 Å². The number of pyridine rings is 1. The first kappa shape index (κ1) is 12.2. The molecule has 0 aromatic carbocycles. The lowest BCUT2D eigenvalue weighted by Gasteiger charge is -2.36. The summed E-state index contributed by atoms with van der Waals surface area (Å²) in [5.74, 6) is 0. The molecule has 0 amide bonds. The molecule has 1 saturated heterocycles. The average Bonchev–Trinajstić information content (AvgIpc) is 2.86. The number of nitrogen functional groups attached to an aromatic ring is 1. The molecule has 1 fully saturated rings. The lowest BCUT2D eigenvalue weighted by atomic mass is 10.2. The van der Waals surface area contributed by atoms with Gasteiger partial charge in [-0.05, 0) is 13.0 Å². The highest BCUT2D eigenvalue weighted by Crippen LogP contribution is 2.25. The van der Waals surface area contributed by atoms with E-state index in [0.717, 1.165) is 48.4 Å². The molecule has 19 heavy (non-hydrogen) atoms. The first-order chi connectivity index (χ1) is 9.24. The molecule has 0 spiro atoms. The van der Waals surface area contributed by atoms with Gasteiger partial charge < -0.3 is 15.5 Å². The van der Waals surface area contributed by atoms with Crippen molar-refractivity contribution in [3.63, 3.8) is 0 Å². The Morgan fingerprint density at radius 2 is 1.95 bits per heavy atom. The first-order valence-electron chi connectivity index (χ1n) is 6.35. The van der Waals surface area contributed by atoms with Gasteiger partial charge in [-0.1, -0.05) is 0 Å². The normalized spacial score (nSPS) is 15.8. The highest BCUT2D eigenvalue weighted by atomic mass is 32.1. The lowest BCUT2D eigenvalue weighted by molar-refractivity contribution is 0.652. The van der Waals surface area contributed by atoms with E-state index in [4.69, 9.17) is 5.73 Å². The summed E-state index contributed by atoms with van der Waals surface area (Å²) < 4.78 is 0. The molecule has 2 aromatic heterocycles. The SMILES string of the molecule is Cc1csc(N2CCN(c3ccncc3N)CC2)n1. The molecule has 0 unspecified atom stereocenters. The number of anilines is 3. The molecule has 0 saturated carbocycles. The van der Waals surface area contributed by atoms with Crippen LogP contribution in [0.4, 0.5) is 16.5 Å². The molecule has 100 valence electrons. The van der Waals surface area contributed by atoms with Crippen LogP contribution in [0.2, 0.25) is 0 Å². The van der Waals surface area contributed by atoms with Crippen LogP contribution in [0.15, 0.2) is 23.8 Å². The summed E-state index contributed by atoms with van der Waals surface area (Å²) >= 11 is 1.72. The molecule has 0 atom stereocenters. The summed E-state index contributed by atoms with van der Waals surface area (Å²) in [6.07, 6.45) is 3.51. The van der Waals surface area contributed by atoms with Crippen LogP contribution in [0.5, 0.6) is 0 Å². The molecule has 5 nitrogen and oxygen atoms in total. The van der Waals surface area contributed by atoms with Gasteiger partial charge in [0.2, 0.25) is 0 Å². The zero-order valence-electron chi connectivity index (χ0n) is 10.9. The van der Waals surface area contributed by atoms with Crippen LogP contribution in [0.25, 0.3) is 0 Å². The predicted molar refractivity (Wildman–Crippen MR) is 79.9 cm³/mol. The number of hydrogen-bond donors (Lipinski definition) is 1. The molecular formula is C13H17N5S. The fourth-order valence-corrected chi connectivity index (χ4v) is 3.17. The number of aromatic nitrogens is 2. The fraction of sp³-hybridized carbons (Fsp3) is 0.385. The summed E-state index contributed by atoms with van der Waals surface area (Å²) in [4.78, 5) is 13.2. The van der Waals surface area contributed by atoms with Gasteiger partial charge in [-0.25, -0.2) is 4.98 Å². The second kappa shape index (κ2) is 5.05. The Morgan fingerprint density at radius 1 is 1.21 bits per heavy atom. The van der Waals surface area contributed by atoms with E-state index in [2.05, 4.69) is 25.1 Å². The third kappa shape index (κ3) is 2.49. The first-order valence-corrected chi connectivity index (χ1v) is 7.23. The van der Waals surface area contributed by atoms with E-state index in [1.165, 1.54) is 0 Å². The van der Waals surface area contributed by atoms with Crippen molar-refractivity contribution in [2.75, 3.05) is 41.7 Å². The van der Waals surface area contributed by atoms with Crippen molar-refractivity contribution in [3.8, 4) is 0 Å². The Kier molecular flexibility index (Phi) is 3.25. The number of thiazole rings is 1. The minimum atomic E-state index is 0.751. The number of aryl methyl sites for hydroxylation is 1. The molecule has 1 aliphatic rings. The van der Waals surface area contributed by atoms with E-state index in [9.17, 15) is 0 Å². The molecule has 6 heteroatoms. The van der Waals surface area contributed by atoms with E-state index in [1.807, 2.05) is 13.0 Å². The van der Waals surface area contributed by atoms with Gasteiger partial charge in [0.05, 0.1) is 23.3 Å². The predicted octanol–water partition coefficient (Wildman–Crippen LogP) is 1.76. The van der Waals surface area contributed by atoms with E-state index in [-0.39, 0.29) is 0 Å². The Hall–Kier alpha value is -1.82. The molecular weight excluding hydrogens is 258 g/mol. The third-order valence-corrected chi connectivity index (χ3v) is 4.34. The van der Waals surface area contributed by atoms with Crippen molar-refractivity contribution in [1.82, 2.24) is 9.97 Å². The van der Waals surface area contributed by atoms with Crippen molar-refractivity contribution in [2.45, 2.75) is 6.92 Å². The van der Waals surface area contributed by atoms with Crippen LogP contribution in [0, 0.1) is 6.92 Å². The summed E-state index contributed by atoms with van der Waals surface area (Å²) in [5.41, 5.74) is 8.91. The monoisotopic (exact) mass is 275 g/mol. The number of rotatable bonds is 2. The Morgan fingerprint density at radius 3 is 2.58 bits per heavy atom. The van der Waals surface area contributed by atoms with Crippen LogP contribution in [-0.4, -0.2) is 36.1 Å². The molecule has 0 bridgehead atoms. The number of nitrogens with zero attached hydrogens (tertiary/aromatic N) is 4. The summed E-state index contributed by atoms with van der Waals surface area (Å²) in [5, 5.41) is 3.22. The quantitative estimate of drug-likeness (QED) is 0.905. The second-order valence-corrected chi connectivity index (χ2v) is 5.52. The van der Waals surface area contributed by atoms with Crippen molar-refractivity contribution in [3.05, 3.63) is 29.5 Å². The maximum absolute atomic E-state index is 5.97. The fourth-order valence-electron chi connectivity index (χ4n) is 2.31. The lowest BCUT2D eigenvalue weighted by Crippen LogP contribution is -2.46.